The molecule has 2 aromatic rings. The summed E-state index contributed by atoms with van der Waals surface area (Å²) in [7, 11) is 1.63. The Kier molecular flexibility index (Phi) is 5.38. The third-order valence-corrected chi connectivity index (χ3v) is 3.37. The minimum Gasteiger partial charge on any atom is -0.496 e. The van der Waals surface area contributed by atoms with Crippen LogP contribution in [0.5, 0.6) is 5.75 Å². The van der Waals surface area contributed by atoms with Gasteiger partial charge in [-0.3, -0.25) is 4.79 Å². The molecule has 0 radical (unpaired) electrons. The van der Waals surface area contributed by atoms with E-state index in [0.29, 0.717) is 13.0 Å². The average molecular weight is 283 g/mol. The molecule has 0 saturated carbocycles. The number of nitrogens with one attached hydrogen (secondary N) is 1. The molecule has 0 atom stereocenters. The Labute approximate surface area is 126 Å². The van der Waals surface area contributed by atoms with Gasteiger partial charge < -0.3 is 10.1 Å². The molecule has 0 aromatic heterocycles. The lowest BCUT2D eigenvalue weighted by molar-refractivity contribution is -0.120. The molecule has 1 N–H and O–H groups in total. The topological polar surface area (TPSA) is 38.3 Å². The highest BCUT2D eigenvalue weighted by Gasteiger charge is 2.08. The summed E-state index contributed by atoms with van der Waals surface area (Å²) < 4.78 is 5.30. The average Bonchev–Trinajstić information content (AvgIpc) is 2.48. The van der Waals surface area contributed by atoms with Crippen molar-refractivity contribution >= 4 is 5.91 Å². The van der Waals surface area contributed by atoms with E-state index in [-0.39, 0.29) is 5.91 Å². The van der Waals surface area contributed by atoms with Gasteiger partial charge >= 0.3 is 0 Å². The highest BCUT2D eigenvalue weighted by atomic mass is 16.5. The van der Waals surface area contributed by atoms with Crippen LogP contribution in [0.15, 0.2) is 48.5 Å². The third kappa shape index (κ3) is 4.63. The van der Waals surface area contributed by atoms with Crippen molar-refractivity contribution in [2.75, 3.05) is 13.7 Å². The molecule has 110 valence electrons. The Balaban J connectivity index is 1.86. The number of rotatable bonds is 6. The standard InChI is InChI=1S/C18H21NO2/c1-14-8-9-17(21-2)16(12-14)13-18(20)19-11-10-15-6-4-3-5-7-15/h3-9,12H,10-11,13H2,1-2H3,(H,19,20). The van der Waals surface area contributed by atoms with E-state index in [9.17, 15) is 4.79 Å². The monoisotopic (exact) mass is 283 g/mol. The van der Waals surface area contributed by atoms with Gasteiger partial charge in [0.2, 0.25) is 5.91 Å². The van der Waals surface area contributed by atoms with Crippen LogP contribution in [0.4, 0.5) is 0 Å². The first kappa shape index (κ1) is 15.1. The zero-order valence-corrected chi connectivity index (χ0v) is 12.6. The summed E-state index contributed by atoms with van der Waals surface area (Å²) in [5, 5.41) is 2.96. The van der Waals surface area contributed by atoms with Crippen molar-refractivity contribution in [3.05, 3.63) is 65.2 Å². The first-order valence-electron chi connectivity index (χ1n) is 7.13. The Morgan fingerprint density at radius 1 is 1.14 bits per heavy atom. The normalized spacial score (nSPS) is 10.2. The van der Waals surface area contributed by atoms with Gasteiger partial charge in [0.25, 0.3) is 0 Å². The van der Waals surface area contributed by atoms with Crippen LogP contribution in [0.3, 0.4) is 0 Å². The second kappa shape index (κ2) is 7.48. The molecule has 2 aromatic carbocycles. The van der Waals surface area contributed by atoms with E-state index in [1.54, 1.807) is 7.11 Å². The summed E-state index contributed by atoms with van der Waals surface area (Å²) in [4.78, 5) is 12.0. The summed E-state index contributed by atoms with van der Waals surface area (Å²) in [6, 6.07) is 16.0. The fourth-order valence-corrected chi connectivity index (χ4v) is 2.27. The molecule has 0 aliphatic carbocycles. The van der Waals surface area contributed by atoms with Crippen molar-refractivity contribution < 1.29 is 9.53 Å². The molecule has 3 nitrogen and oxygen atoms in total. The number of methoxy groups -OCH3 is 1. The zero-order valence-electron chi connectivity index (χ0n) is 12.6. The van der Waals surface area contributed by atoms with Gasteiger partial charge in [0.1, 0.15) is 5.75 Å². The van der Waals surface area contributed by atoms with Crippen LogP contribution in [0.2, 0.25) is 0 Å². The number of benzene rings is 2. The molecule has 0 bridgehead atoms. The van der Waals surface area contributed by atoms with Crippen LogP contribution in [-0.4, -0.2) is 19.6 Å². The number of carbonyl (C=O) groups is 1. The van der Waals surface area contributed by atoms with Crippen molar-refractivity contribution in [2.45, 2.75) is 19.8 Å². The van der Waals surface area contributed by atoms with Gasteiger partial charge in [-0.25, -0.2) is 0 Å². The lowest BCUT2D eigenvalue weighted by Crippen LogP contribution is -2.27. The van der Waals surface area contributed by atoms with E-state index in [1.807, 2.05) is 43.3 Å². The Hall–Kier alpha value is -2.29. The fourth-order valence-electron chi connectivity index (χ4n) is 2.27. The minimum absolute atomic E-state index is 0.0230. The Morgan fingerprint density at radius 3 is 2.62 bits per heavy atom. The van der Waals surface area contributed by atoms with Crippen LogP contribution in [0.1, 0.15) is 16.7 Å². The largest absolute Gasteiger partial charge is 0.496 e. The van der Waals surface area contributed by atoms with Crippen LogP contribution in [0.25, 0.3) is 0 Å². The quantitative estimate of drug-likeness (QED) is 0.885. The second-order valence-corrected chi connectivity index (χ2v) is 5.08. The van der Waals surface area contributed by atoms with Crippen LogP contribution in [-0.2, 0) is 17.6 Å². The number of hydrogen-bond acceptors (Lipinski definition) is 2. The van der Waals surface area contributed by atoms with E-state index in [1.165, 1.54) is 5.56 Å². The first-order chi connectivity index (χ1) is 10.2. The maximum atomic E-state index is 12.0. The molecule has 0 spiro atoms. The number of amides is 1. The summed E-state index contributed by atoms with van der Waals surface area (Å²) in [6.45, 7) is 2.66. The minimum atomic E-state index is 0.0230. The molecule has 0 fully saturated rings. The summed E-state index contributed by atoms with van der Waals surface area (Å²) in [5.74, 6) is 0.786. The maximum Gasteiger partial charge on any atom is 0.224 e. The molecule has 21 heavy (non-hydrogen) atoms. The van der Waals surface area contributed by atoms with Gasteiger partial charge in [0, 0.05) is 12.1 Å². The first-order valence-corrected chi connectivity index (χ1v) is 7.13. The molecule has 0 aliphatic rings. The van der Waals surface area contributed by atoms with Crippen molar-refractivity contribution in [1.82, 2.24) is 5.32 Å². The van der Waals surface area contributed by atoms with Gasteiger partial charge in [0.05, 0.1) is 13.5 Å². The predicted octanol–water partition coefficient (Wildman–Crippen LogP) is 2.91. The van der Waals surface area contributed by atoms with E-state index in [0.717, 1.165) is 23.3 Å². The van der Waals surface area contributed by atoms with Gasteiger partial charge in [-0.1, -0.05) is 48.0 Å². The van der Waals surface area contributed by atoms with Gasteiger partial charge in [-0.2, -0.15) is 0 Å². The molecular weight excluding hydrogens is 262 g/mol. The maximum absolute atomic E-state index is 12.0. The molecule has 2 rings (SSSR count). The third-order valence-electron chi connectivity index (χ3n) is 3.37. The summed E-state index contributed by atoms with van der Waals surface area (Å²) >= 11 is 0. The lowest BCUT2D eigenvalue weighted by Gasteiger charge is -2.10. The number of ether oxygens (including phenoxy) is 1. The SMILES string of the molecule is COc1ccc(C)cc1CC(=O)NCCc1ccccc1. The molecule has 0 unspecified atom stereocenters. The molecule has 1 amide bonds. The molecular formula is C18H21NO2. The molecule has 0 saturated heterocycles. The highest BCUT2D eigenvalue weighted by Crippen LogP contribution is 2.20. The molecule has 0 aliphatic heterocycles. The summed E-state index contributed by atoms with van der Waals surface area (Å²) in [5.41, 5.74) is 3.28. The molecule has 0 heterocycles. The number of aryl methyl sites for hydroxylation is 1. The number of hydrogen-bond donors (Lipinski definition) is 1. The van der Waals surface area contributed by atoms with Crippen LogP contribution >= 0.6 is 0 Å². The van der Waals surface area contributed by atoms with Crippen molar-refractivity contribution in [3.63, 3.8) is 0 Å². The van der Waals surface area contributed by atoms with Gasteiger partial charge in [-0.05, 0) is 25.0 Å². The Bertz CT molecular complexity index is 593. The lowest BCUT2D eigenvalue weighted by atomic mass is 10.1. The predicted molar refractivity (Wildman–Crippen MR) is 84.6 cm³/mol. The van der Waals surface area contributed by atoms with Crippen molar-refractivity contribution in [2.24, 2.45) is 0 Å². The van der Waals surface area contributed by atoms with Crippen molar-refractivity contribution in [1.29, 1.82) is 0 Å². The zero-order chi connectivity index (χ0) is 15.1. The Morgan fingerprint density at radius 2 is 1.90 bits per heavy atom. The van der Waals surface area contributed by atoms with Crippen molar-refractivity contribution in [3.8, 4) is 5.75 Å². The number of carbonyl (C=O) groups excluding carboxylic acids is 1. The fraction of sp³-hybridized carbons (Fsp3) is 0.278. The van der Waals surface area contributed by atoms with E-state index >= 15 is 0 Å². The second-order valence-electron chi connectivity index (χ2n) is 5.08. The molecule has 3 heteroatoms. The van der Waals surface area contributed by atoms with Gasteiger partial charge in [0.15, 0.2) is 0 Å². The van der Waals surface area contributed by atoms with Crippen LogP contribution in [0, 0.1) is 6.92 Å². The van der Waals surface area contributed by atoms with E-state index in [4.69, 9.17) is 4.74 Å². The van der Waals surface area contributed by atoms with E-state index < -0.39 is 0 Å². The van der Waals surface area contributed by atoms with Crippen LogP contribution < -0.4 is 10.1 Å². The smallest absolute Gasteiger partial charge is 0.224 e. The highest BCUT2D eigenvalue weighted by molar-refractivity contribution is 5.79. The van der Waals surface area contributed by atoms with Gasteiger partial charge in [-0.15, -0.1) is 0 Å². The summed E-state index contributed by atoms with van der Waals surface area (Å²) in [6.07, 6.45) is 1.19. The van der Waals surface area contributed by atoms with E-state index in [2.05, 4.69) is 17.4 Å².